The summed E-state index contributed by atoms with van der Waals surface area (Å²) in [5, 5.41) is 10.1. The van der Waals surface area contributed by atoms with Crippen molar-refractivity contribution >= 4 is 5.97 Å². The topological polar surface area (TPSA) is 49.8 Å². The van der Waals surface area contributed by atoms with Gasteiger partial charge in [-0.25, -0.2) is 0 Å². The fourth-order valence-electron chi connectivity index (χ4n) is 4.27. The molecule has 0 spiro atoms. The van der Waals surface area contributed by atoms with Crippen LogP contribution in [0.5, 0.6) is 0 Å². The zero-order valence-corrected chi connectivity index (χ0v) is 17.2. The van der Waals surface area contributed by atoms with E-state index in [0.717, 1.165) is 25.7 Å². The van der Waals surface area contributed by atoms with E-state index in [1.54, 1.807) is 0 Å². The molecule has 0 aromatic heterocycles. The van der Waals surface area contributed by atoms with Crippen LogP contribution in [0.15, 0.2) is 0 Å². The standard InChI is InChI=1S/C21H37NO3/c1-8-11-19(2,3)12-9-10-18(24)25-14-13-22-20(4,5)15-17(23)16-21(22,6)7/h17,23H,9-10,12-16H2,1-7H3. The normalized spacial score (nSPS) is 20.6. The molecule has 1 aliphatic heterocycles. The number of carbonyl (C=O) groups is 1. The van der Waals surface area contributed by atoms with Crippen LogP contribution < -0.4 is 0 Å². The highest BCUT2D eigenvalue weighted by Crippen LogP contribution is 2.38. The molecule has 0 bridgehead atoms. The maximum Gasteiger partial charge on any atom is 0.305 e. The van der Waals surface area contributed by atoms with Gasteiger partial charge in [-0.1, -0.05) is 5.92 Å². The Hall–Kier alpha value is -1.05. The van der Waals surface area contributed by atoms with Gasteiger partial charge in [0, 0.05) is 29.5 Å². The van der Waals surface area contributed by atoms with Gasteiger partial charge in [0.15, 0.2) is 0 Å². The molecule has 25 heavy (non-hydrogen) atoms. The van der Waals surface area contributed by atoms with E-state index in [1.807, 2.05) is 6.92 Å². The Balaban J connectivity index is 2.40. The van der Waals surface area contributed by atoms with Crippen LogP contribution in [0.1, 0.15) is 80.6 Å². The Bertz CT molecular complexity index is 493. The van der Waals surface area contributed by atoms with Crippen molar-refractivity contribution in [2.45, 2.75) is 97.8 Å². The lowest BCUT2D eigenvalue weighted by Gasteiger charge is -2.54. The van der Waals surface area contributed by atoms with Gasteiger partial charge in [0.1, 0.15) is 6.61 Å². The number of rotatable bonds is 7. The van der Waals surface area contributed by atoms with E-state index in [4.69, 9.17) is 4.74 Å². The highest BCUT2D eigenvalue weighted by molar-refractivity contribution is 5.69. The first kappa shape index (κ1) is 22.0. The van der Waals surface area contributed by atoms with Crippen molar-refractivity contribution in [1.82, 2.24) is 4.90 Å². The molecule has 0 radical (unpaired) electrons. The second-order valence-corrected chi connectivity index (χ2v) is 9.17. The van der Waals surface area contributed by atoms with Crippen LogP contribution in [0.4, 0.5) is 0 Å². The number of aliphatic hydroxyl groups excluding tert-OH is 1. The van der Waals surface area contributed by atoms with Crippen LogP contribution in [-0.4, -0.2) is 46.3 Å². The van der Waals surface area contributed by atoms with Crippen molar-refractivity contribution in [2.75, 3.05) is 13.2 Å². The van der Waals surface area contributed by atoms with Crippen molar-refractivity contribution in [3.05, 3.63) is 0 Å². The summed E-state index contributed by atoms with van der Waals surface area (Å²) >= 11 is 0. The smallest absolute Gasteiger partial charge is 0.305 e. The van der Waals surface area contributed by atoms with Gasteiger partial charge in [0.05, 0.1) is 6.10 Å². The largest absolute Gasteiger partial charge is 0.464 e. The number of aliphatic hydroxyl groups is 1. The van der Waals surface area contributed by atoms with E-state index >= 15 is 0 Å². The first-order valence-electron chi connectivity index (χ1n) is 9.45. The van der Waals surface area contributed by atoms with Gasteiger partial charge in [0.2, 0.25) is 0 Å². The Kier molecular flexibility index (Phi) is 7.53. The summed E-state index contributed by atoms with van der Waals surface area (Å²) in [6.45, 7) is 15.7. The zero-order valence-electron chi connectivity index (χ0n) is 17.2. The summed E-state index contributed by atoms with van der Waals surface area (Å²) in [5.74, 6) is 5.99. The van der Waals surface area contributed by atoms with Gasteiger partial charge >= 0.3 is 5.97 Å². The van der Waals surface area contributed by atoms with E-state index in [-0.39, 0.29) is 28.6 Å². The quantitative estimate of drug-likeness (QED) is 0.560. The second-order valence-electron chi connectivity index (χ2n) is 9.17. The van der Waals surface area contributed by atoms with Crippen LogP contribution in [0.3, 0.4) is 0 Å². The number of likely N-dealkylation sites (tertiary alicyclic amines) is 1. The fraction of sp³-hybridized carbons (Fsp3) is 0.857. The highest BCUT2D eigenvalue weighted by Gasteiger charge is 2.44. The number of carbonyl (C=O) groups excluding carboxylic acids is 1. The second kappa shape index (κ2) is 8.56. The number of nitrogens with zero attached hydrogens (tertiary/aromatic N) is 1. The van der Waals surface area contributed by atoms with Gasteiger partial charge in [-0.2, -0.15) is 0 Å². The minimum Gasteiger partial charge on any atom is -0.464 e. The zero-order chi connectivity index (χ0) is 19.3. The predicted molar refractivity (Wildman–Crippen MR) is 102 cm³/mol. The van der Waals surface area contributed by atoms with Crippen LogP contribution in [0, 0.1) is 17.3 Å². The van der Waals surface area contributed by atoms with Crippen molar-refractivity contribution in [1.29, 1.82) is 0 Å². The molecule has 1 aliphatic rings. The molecule has 0 aliphatic carbocycles. The number of hydrogen-bond donors (Lipinski definition) is 1. The summed E-state index contributed by atoms with van der Waals surface area (Å²) in [5.41, 5.74) is -0.245. The minimum absolute atomic E-state index is 0.0439. The summed E-state index contributed by atoms with van der Waals surface area (Å²) < 4.78 is 5.45. The van der Waals surface area contributed by atoms with Gasteiger partial charge in [-0.3, -0.25) is 9.69 Å². The van der Waals surface area contributed by atoms with Crippen LogP contribution in [-0.2, 0) is 9.53 Å². The number of piperidine rings is 1. The lowest BCUT2D eigenvalue weighted by Crippen LogP contribution is -2.62. The predicted octanol–water partition coefficient (Wildman–Crippen LogP) is 3.76. The minimum atomic E-state index is -0.265. The monoisotopic (exact) mass is 351 g/mol. The van der Waals surface area contributed by atoms with Crippen molar-refractivity contribution < 1.29 is 14.6 Å². The first-order chi connectivity index (χ1) is 11.4. The van der Waals surface area contributed by atoms with Gasteiger partial charge in [-0.05, 0) is 74.1 Å². The summed E-state index contributed by atoms with van der Waals surface area (Å²) in [6.07, 6.45) is 3.37. The van der Waals surface area contributed by atoms with Crippen molar-refractivity contribution in [3.8, 4) is 11.8 Å². The molecule has 1 saturated heterocycles. The molecule has 1 fully saturated rings. The maximum absolute atomic E-state index is 12.0. The fourth-order valence-corrected chi connectivity index (χ4v) is 4.27. The molecule has 144 valence electrons. The Morgan fingerprint density at radius 1 is 1.24 bits per heavy atom. The Morgan fingerprint density at radius 2 is 1.80 bits per heavy atom. The van der Waals surface area contributed by atoms with Gasteiger partial charge in [-0.15, -0.1) is 5.92 Å². The van der Waals surface area contributed by atoms with Crippen LogP contribution in [0.25, 0.3) is 0 Å². The molecule has 0 amide bonds. The van der Waals surface area contributed by atoms with Crippen molar-refractivity contribution in [3.63, 3.8) is 0 Å². The number of ether oxygens (including phenoxy) is 1. The van der Waals surface area contributed by atoms with Gasteiger partial charge < -0.3 is 9.84 Å². The average Bonchev–Trinajstić information content (AvgIpc) is 2.39. The number of esters is 1. The van der Waals surface area contributed by atoms with E-state index in [9.17, 15) is 9.90 Å². The Labute approximate surface area is 154 Å². The average molecular weight is 352 g/mol. The lowest BCUT2D eigenvalue weighted by atomic mass is 9.78. The molecule has 1 heterocycles. The van der Waals surface area contributed by atoms with E-state index in [1.165, 1.54) is 0 Å². The third-order valence-corrected chi connectivity index (χ3v) is 5.16. The Morgan fingerprint density at radius 3 is 2.32 bits per heavy atom. The molecular formula is C21H37NO3. The van der Waals surface area contributed by atoms with Crippen molar-refractivity contribution in [2.24, 2.45) is 5.41 Å². The highest BCUT2D eigenvalue weighted by atomic mass is 16.5. The third kappa shape index (κ3) is 6.99. The van der Waals surface area contributed by atoms with E-state index in [0.29, 0.717) is 19.6 Å². The molecule has 4 heteroatoms. The third-order valence-electron chi connectivity index (χ3n) is 5.16. The van der Waals surface area contributed by atoms with E-state index < -0.39 is 0 Å². The molecule has 0 aromatic rings. The SMILES string of the molecule is CC#CC(C)(C)CCCC(=O)OCCN1C(C)(C)CC(O)CC1(C)C. The molecule has 0 aromatic carbocycles. The first-order valence-corrected chi connectivity index (χ1v) is 9.45. The molecular weight excluding hydrogens is 314 g/mol. The lowest BCUT2D eigenvalue weighted by molar-refractivity contribution is -0.147. The molecule has 1 N–H and O–H groups in total. The summed E-state index contributed by atoms with van der Waals surface area (Å²) in [4.78, 5) is 14.3. The molecule has 0 unspecified atom stereocenters. The number of hydrogen-bond acceptors (Lipinski definition) is 4. The molecule has 4 nitrogen and oxygen atoms in total. The van der Waals surface area contributed by atoms with Crippen LogP contribution >= 0.6 is 0 Å². The van der Waals surface area contributed by atoms with E-state index in [2.05, 4.69) is 58.3 Å². The molecule has 1 rings (SSSR count). The van der Waals surface area contributed by atoms with Crippen LogP contribution in [0.2, 0.25) is 0 Å². The summed E-state index contributed by atoms with van der Waals surface area (Å²) in [6, 6.07) is 0. The van der Waals surface area contributed by atoms with Gasteiger partial charge in [0.25, 0.3) is 0 Å². The molecule has 0 atom stereocenters. The maximum atomic E-state index is 12.0. The molecule has 0 saturated carbocycles. The summed E-state index contributed by atoms with van der Waals surface area (Å²) in [7, 11) is 0.